The van der Waals surface area contributed by atoms with Gasteiger partial charge >= 0.3 is 0 Å². The molecule has 6 heteroatoms. The molecule has 6 rings (SSSR count). The molecule has 30 heavy (non-hydrogen) atoms. The smallest absolute Gasteiger partial charge is 0.264 e. The van der Waals surface area contributed by atoms with Crippen LogP contribution < -0.4 is 4.90 Å². The van der Waals surface area contributed by atoms with Gasteiger partial charge in [-0.05, 0) is 54.5 Å². The van der Waals surface area contributed by atoms with Crippen LogP contribution in [0.15, 0.2) is 48.8 Å². The molecule has 1 N–H and O–H groups in total. The third kappa shape index (κ3) is 2.74. The van der Waals surface area contributed by atoms with Crippen LogP contribution in [0.25, 0.3) is 21.1 Å². The first-order chi connectivity index (χ1) is 14.7. The van der Waals surface area contributed by atoms with Crippen molar-refractivity contribution in [2.75, 3.05) is 24.5 Å². The number of fused-ring (bicyclic) bond motifs is 2. The lowest BCUT2D eigenvalue weighted by Gasteiger charge is -2.43. The number of hydrogen-bond donors (Lipinski definition) is 1. The second-order valence-corrected chi connectivity index (χ2v) is 9.59. The number of pyridine rings is 1. The standard InChI is InChI=1S/C24H24N4OS/c1-2-16-3-4-20-17(13-16)14-21(30-20)23(29)28-12-11-27(15-24(28)7-8-24)19-6-10-26-22-18(19)5-9-25-22/h3-6,9-10,13-14H,2,7-8,11-12,15H2,1H3,(H,25,26). The number of carbonyl (C=O) groups is 1. The number of aryl methyl sites for hydroxylation is 1. The van der Waals surface area contributed by atoms with Crippen LogP contribution in [0.5, 0.6) is 0 Å². The third-order valence-corrected chi connectivity index (χ3v) is 7.81. The Morgan fingerprint density at radius 3 is 2.93 bits per heavy atom. The van der Waals surface area contributed by atoms with Crippen molar-refractivity contribution in [2.24, 2.45) is 0 Å². The van der Waals surface area contributed by atoms with Gasteiger partial charge in [-0.1, -0.05) is 19.1 Å². The predicted octanol–water partition coefficient (Wildman–Crippen LogP) is 4.84. The number of aromatic amines is 1. The van der Waals surface area contributed by atoms with Crippen LogP contribution in [0.3, 0.4) is 0 Å². The number of nitrogens with zero attached hydrogens (tertiary/aromatic N) is 3. The van der Waals surface area contributed by atoms with Crippen molar-refractivity contribution < 1.29 is 4.79 Å². The number of thiophene rings is 1. The monoisotopic (exact) mass is 416 g/mol. The molecule has 4 heterocycles. The van der Waals surface area contributed by atoms with Crippen molar-refractivity contribution in [3.05, 3.63) is 59.2 Å². The minimum atomic E-state index is -0.0218. The van der Waals surface area contributed by atoms with E-state index < -0.39 is 0 Å². The molecule has 1 aliphatic carbocycles. The number of carbonyl (C=O) groups excluding carboxylic acids is 1. The first kappa shape index (κ1) is 18.0. The van der Waals surface area contributed by atoms with Crippen molar-refractivity contribution in [1.29, 1.82) is 0 Å². The summed E-state index contributed by atoms with van der Waals surface area (Å²) >= 11 is 1.63. The van der Waals surface area contributed by atoms with E-state index in [1.54, 1.807) is 11.3 Å². The average molecular weight is 417 g/mol. The van der Waals surface area contributed by atoms with Crippen LogP contribution in [0.1, 0.15) is 35.0 Å². The lowest BCUT2D eigenvalue weighted by Crippen LogP contribution is -2.57. The van der Waals surface area contributed by atoms with E-state index in [1.807, 2.05) is 12.4 Å². The highest BCUT2D eigenvalue weighted by Crippen LogP contribution is 2.46. The lowest BCUT2D eigenvalue weighted by atomic mass is 10.1. The fourth-order valence-electron chi connectivity index (χ4n) is 4.85. The summed E-state index contributed by atoms with van der Waals surface area (Å²) in [4.78, 5) is 26.6. The Morgan fingerprint density at radius 1 is 1.20 bits per heavy atom. The molecule has 1 spiro atoms. The molecule has 2 aliphatic rings. The maximum atomic E-state index is 13.5. The molecule has 1 amide bonds. The highest BCUT2D eigenvalue weighted by atomic mass is 32.1. The van der Waals surface area contributed by atoms with Crippen LogP contribution >= 0.6 is 11.3 Å². The molecule has 1 aliphatic heterocycles. The maximum Gasteiger partial charge on any atom is 0.264 e. The summed E-state index contributed by atoms with van der Waals surface area (Å²) in [5.41, 5.74) is 3.44. The largest absolute Gasteiger partial charge is 0.367 e. The maximum absolute atomic E-state index is 13.5. The first-order valence-corrected chi connectivity index (χ1v) is 11.5. The first-order valence-electron chi connectivity index (χ1n) is 10.7. The molecule has 0 atom stereocenters. The van der Waals surface area contributed by atoms with E-state index in [2.05, 4.69) is 63.1 Å². The van der Waals surface area contributed by atoms with Crippen molar-refractivity contribution in [3.8, 4) is 0 Å². The highest BCUT2D eigenvalue weighted by molar-refractivity contribution is 7.20. The minimum Gasteiger partial charge on any atom is -0.367 e. The molecule has 1 aromatic carbocycles. The normalized spacial score (nSPS) is 17.9. The topological polar surface area (TPSA) is 52.2 Å². The Labute approximate surface area is 179 Å². The number of anilines is 1. The molecule has 0 radical (unpaired) electrons. The summed E-state index contributed by atoms with van der Waals surface area (Å²) in [6.45, 7) is 4.68. The Kier molecular flexibility index (Phi) is 3.93. The average Bonchev–Trinajstić information content (AvgIpc) is 3.19. The summed E-state index contributed by atoms with van der Waals surface area (Å²) in [5, 5.41) is 2.35. The van der Waals surface area contributed by atoms with E-state index in [0.717, 1.165) is 54.8 Å². The van der Waals surface area contributed by atoms with Gasteiger partial charge in [-0.15, -0.1) is 11.3 Å². The summed E-state index contributed by atoms with van der Waals surface area (Å²) < 4.78 is 1.20. The number of amides is 1. The summed E-state index contributed by atoms with van der Waals surface area (Å²) in [5.74, 6) is 0.202. The van der Waals surface area contributed by atoms with Gasteiger partial charge < -0.3 is 14.8 Å². The SMILES string of the molecule is CCc1ccc2sc(C(=O)N3CCN(c4ccnc5[nH]ccc45)CC34CC4)cc2c1. The Bertz CT molecular complexity index is 1270. The second-order valence-electron chi connectivity index (χ2n) is 8.51. The number of hydrogen-bond acceptors (Lipinski definition) is 4. The number of nitrogens with one attached hydrogen (secondary N) is 1. The van der Waals surface area contributed by atoms with Gasteiger partial charge in [0.15, 0.2) is 0 Å². The van der Waals surface area contributed by atoms with Gasteiger partial charge in [-0.3, -0.25) is 4.79 Å². The van der Waals surface area contributed by atoms with Gasteiger partial charge in [0.25, 0.3) is 5.91 Å². The molecule has 0 unspecified atom stereocenters. The van der Waals surface area contributed by atoms with Crippen LogP contribution in [0, 0.1) is 0 Å². The molecule has 3 aromatic heterocycles. The van der Waals surface area contributed by atoms with Crippen LogP contribution in [0.4, 0.5) is 5.69 Å². The summed E-state index contributed by atoms with van der Waals surface area (Å²) in [7, 11) is 0. The zero-order valence-electron chi connectivity index (χ0n) is 17.0. The predicted molar refractivity (Wildman–Crippen MR) is 123 cm³/mol. The number of benzene rings is 1. The third-order valence-electron chi connectivity index (χ3n) is 6.70. The van der Waals surface area contributed by atoms with Crippen molar-refractivity contribution in [1.82, 2.24) is 14.9 Å². The fourth-order valence-corrected chi connectivity index (χ4v) is 5.84. The second kappa shape index (κ2) is 6.57. The van der Waals surface area contributed by atoms with Crippen LogP contribution in [0.2, 0.25) is 0 Å². The van der Waals surface area contributed by atoms with E-state index >= 15 is 0 Å². The minimum absolute atomic E-state index is 0.0218. The molecule has 4 aromatic rings. The van der Waals surface area contributed by atoms with Crippen molar-refractivity contribution >= 4 is 44.1 Å². The molecular formula is C24H24N4OS. The molecule has 5 nitrogen and oxygen atoms in total. The zero-order chi connectivity index (χ0) is 20.3. The van der Waals surface area contributed by atoms with Gasteiger partial charge in [-0.2, -0.15) is 0 Å². The molecule has 1 saturated heterocycles. The Morgan fingerprint density at radius 2 is 2.10 bits per heavy atom. The molecule has 1 saturated carbocycles. The number of rotatable bonds is 3. The fraction of sp³-hybridized carbons (Fsp3) is 0.333. The Balaban J connectivity index is 1.28. The lowest BCUT2D eigenvalue weighted by molar-refractivity contribution is 0.0630. The van der Waals surface area contributed by atoms with Gasteiger partial charge in [0.05, 0.1) is 10.4 Å². The Hall–Kier alpha value is -2.86. The van der Waals surface area contributed by atoms with Gasteiger partial charge in [0, 0.05) is 47.8 Å². The van der Waals surface area contributed by atoms with E-state index in [0.29, 0.717) is 0 Å². The molecule has 0 bridgehead atoms. The highest BCUT2D eigenvalue weighted by Gasteiger charge is 2.53. The van der Waals surface area contributed by atoms with Gasteiger partial charge in [0.1, 0.15) is 5.65 Å². The van der Waals surface area contributed by atoms with E-state index in [-0.39, 0.29) is 11.4 Å². The van der Waals surface area contributed by atoms with Crippen LogP contribution in [-0.2, 0) is 6.42 Å². The van der Waals surface area contributed by atoms with Crippen LogP contribution in [-0.4, -0.2) is 45.9 Å². The van der Waals surface area contributed by atoms with E-state index in [9.17, 15) is 4.79 Å². The van der Waals surface area contributed by atoms with E-state index in [4.69, 9.17) is 0 Å². The van der Waals surface area contributed by atoms with Gasteiger partial charge in [0.2, 0.25) is 0 Å². The number of H-pyrrole nitrogens is 1. The molecule has 152 valence electrons. The van der Waals surface area contributed by atoms with Crippen molar-refractivity contribution in [3.63, 3.8) is 0 Å². The number of aromatic nitrogens is 2. The summed E-state index contributed by atoms with van der Waals surface area (Å²) in [6, 6.07) is 12.8. The molecular weight excluding hydrogens is 392 g/mol. The van der Waals surface area contributed by atoms with E-state index in [1.165, 1.54) is 21.3 Å². The van der Waals surface area contributed by atoms with Crippen molar-refractivity contribution in [2.45, 2.75) is 31.7 Å². The number of piperazine rings is 1. The van der Waals surface area contributed by atoms with Gasteiger partial charge in [-0.25, -0.2) is 4.98 Å². The summed E-state index contributed by atoms with van der Waals surface area (Å²) in [6.07, 6.45) is 7.00. The molecule has 2 fully saturated rings. The zero-order valence-corrected chi connectivity index (χ0v) is 17.8. The quantitative estimate of drug-likeness (QED) is 0.520.